The molecule has 1 amide bonds. The summed E-state index contributed by atoms with van der Waals surface area (Å²) in [7, 11) is 1.63. The van der Waals surface area contributed by atoms with Crippen LogP contribution in [-0.4, -0.2) is 53.5 Å². The van der Waals surface area contributed by atoms with E-state index < -0.39 is 0 Å². The van der Waals surface area contributed by atoms with Gasteiger partial charge in [0.25, 0.3) is 0 Å². The fourth-order valence-corrected chi connectivity index (χ4v) is 3.24. The summed E-state index contributed by atoms with van der Waals surface area (Å²) in [6, 6.07) is 0. The molecule has 1 aromatic heterocycles. The number of carbonyl (C=O) groups is 1. The van der Waals surface area contributed by atoms with E-state index in [1.54, 1.807) is 7.11 Å². The van der Waals surface area contributed by atoms with Gasteiger partial charge in [-0.15, -0.1) is 0 Å². The molecular formula is C12H18N4O2S. The molecule has 0 saturated carbocycles. The predicted molar refractivity (Wildman–Crippen MR) is 72.1 cm³/mol. The van der Waals surface area contributed by atoms with Gasteiger partial charge in [0.15, 0.2) is 5.82 Å². The van der Waals surface area contributed by atoms with E-state index in [1.165, 1.54) is 11.5 Å². The van der Waals surface area contributed by atoms with Crippen LogP contribution in [0.2, 0.25) is 0 Å². The van der Waals surface area contributed by atoms with Crippen LogP contribution in [-0.2, 0) is 16.1 Å². The number of hydrogen-bond acceptors (Lipinski definition) is 6. The highest BCUT2D eigenvalue weighted by Gasteiger charge is 2.37. The van der Waals surface area contributed by atoms with E-state index >= 15 is 0 Å². The molecule has 0 aromatic carbocycles. The third-order valence-corrected chi connectivity index (χ3v) is 4.46. The summed E-state index contributed by atoms with van der Waals surface area (Å²) in [4.78, 5) is 20.7. The van der Waals surface area contributed by atoms with Gasteiger partial charge in [0, 0.05) is 44.8 Å². The molecule has 6 nitrogen and oxygen atoms in total. The maximum atomic E-state index is 12.2. The van der Waals surface area contributed by atoms with Gasteiger partial charge >= 0.3 is 0 Å². The van der Waals surface area contributed by atoms with Crippen LogP contribution in [0.1, 0.15) is 18.7 Å². The zero-order chi connectivity index (χ0) is 13.2. The van der Waals surface area contributed by atoms with E-state index in [4.69, 9.17) is 4.74 Å². The maximum Gasteiger partial charge on any atom is 0.229 e. The van der Waals surface area contributed by atoms with Crippen molar-refractivity contribution in [2.24, 2.45) is 5.92 Å². The van der Waals surface area contributed by atoms with Crippen molar-refractivity contribution in [2.45, 2.75) is 19.4 Å². The van der Waals surface area contributed by atoms with Crippen molar-refractivity contribution in [1.29, 1.82) is 0 Å². The first-order valence-corrected chi connectivity index (χ1v) is 7.40. The average Bonchev–Trinajstić information content (AvgIpc) is 2.98. The van der Waals surface area contributed by atoms with Crippen LogP contribution in [0.3, 0.4) is 0 Å². The Labute approximate surface area is 116 Å². The molecule has 0 bridgehead atoms. The van der Waals surface area contributed by atoms with E-state index in [1.807, 2.05) is 4.90 Å². The summed E-state index contributed by atoms with van der Waals surface area (Å²) in [5.74, 6) is 1.18. The van der Waals surface area contributed by atoms with Crippen molar-refractivity contribution < 1.29 is 9.53 Å². The molecule has 0 radical (unpaired) electrons. The zero-order valence-corrected chi connectivity index (χ0v) is 11.9. The third kappa shape index (κ3) is 2.57. The van der Waals surface area contributed by atoms with Crippen LogP contribution in [0.4, 0.5) is 5.13 Å². The Hall–Kier alpha value is -1.21. The molecular weight excluding hydrogens is 264 g/mol. The van der Waals surface area contributed by atoms with Gasteiger partial charge in [-0.2, -0.15) is 4.37 Å². The second-order valence-electron chi connectivity index (χ2n) is 5.06. The van der Waals surface area contributed by atoms with Gasteiger partial charge in [0.2, 0.25) is 11.0 Å². The Kier molecular flexibility index (Phi) is 3.65. The summed E-state index contributed by atoms with van der Waals surface area (Å²) in [5, 5.41) is 0.900. The van der Waals surface area contributed by atoms with E-state index in [-0.39, 0.29) is 5.92 Å². The molecule has 2 aliphatic rings. The Morgan fingerprint density at radius 2 is 2.16 bits per heavy atom. The summed E-state index contributed by atoms with van der Waals surface area (Å²) >= 11 is 1.38. The highest BCUT2D eigenvalue weighted by molar-refractivity contribution is 7.09. The van der Waals surface area contributed by atoms with Crippen LogP contribution in [0, 0.1) is 5.92 Å². The number of amides is 1. The van der Waals surface area contributed by atoms with Crippen molar-refractivity contribution >= 4 is 22.6 Å². The number of carbonyl (C=O) groups excluding carboxylic acids is 1. The molecule has 0 atom stereocenters. The van der Waals surface area contributed by atoms with Crippen molar-refractivity contribution in [2.75, 3.05) is 38.2 Å². The number of hydrogen-bond donors (Lipinski definition) is 0. The lowest BCUT2D eigenvalue weighted by Crippen LogP contribution is -2.54. The monoisotopic (exact) mass is 282 g/mol. The topological polar surface area (TPSA) is 58.6 Å². The number of rotatable bonds is 4. The Bertz CT molecular complexity index is 452. The van der Waals surface area contributed by atoms with Gasteiger partial charge in [0.05, 0.1) is 5.92 Å². The smallest absolute Gasteiger partial charge is 0.229 e. The number of likely N-dealkylation sites (tertiary alicyclic amines) is 1. The predicted octanol–water partition coefficient (Wildman–Crippen LogP) is 0.743. The minimum absolute atomic E-state index is 0.146. The number of ether oxygens (including phenoxy) is 1. The molecule has 7 heteroatoms. The molecule has 0 unspecified atom stereocenters. The van der Waals surface area contributed by atoms with Crippen LogP contribution in [0.25, 0.3) is 0 Å². The Morgan fingerprint density at radius 3 is 2.84 bits per heavy atom. The minimum Gasteiger partial charge on any atom is -0.377 e. The standard InChI is InChI=1S/C12H18N4O2S/c1-18-8-10-13-12(19-14-10)16-6-9(7-16)11(17)15-4-2-3-5-15/h9H,2-8H2,1H3. The average molecular weight is 282 g/mol. The van der Waals surface area contributed by atoms with Gasteiger partial charge in [-0.05, 0) is 12.8 Å². The fourth-order valence-electron chi connectivity index (χ4n) is 2.55. The van der Waals surface area contributed by atoms with Crippen LogP contribution >= 0.6 is 11.5 Å². The van der Waals surface area contributed by atoms with Crippen LogP contribution < -0.4 is 4.90 Å². The van der Waals surface area contributed by atoms with Gasteiger partial charge in [0.1, 0.15) is 6.61 Å². The van der Waals surface area contributed by atoms with Crippen molar-refractivity contribution in [3.8, 4) is 0 Å². The quantitative estimate of drug-likeness (QED) is 0.815. The summed E-state index contributed by atoms with van der Waals surface area (Å²) in [6.45, 7) is 3.87. The summed E-state index contributed by atoms with van der Waals surface area (Å²) in [6.07, 6.45) is 2.30. The molecule has 3 heterocycles. The third-order valence-electron chi connectivity index (χ3n) is 3.65. The number of methoxy groups -OCH3 is 1. The number of anilines is 1. The number of nitrogens with zero attached hydrogens (tertiary/aromatic N) is 4. The second kappa shape index (κ2) is 5.42. The second-order valence-corrected chi connectivity index (χ2v) is 5.79. The van der Waals surface area contributed by atoms with Gasteiger partial charge < -0.3 is 14.5 Å². The first-order valence-electron chi connectivity index (χ1n) is 6.63. The van der Waals surface area contributed by atoms with Gasteiger partial charge in [-0.25, -0.2) is 4.98 Å². The summed E-state index contributed by atoms with van der Waals surface area (Å²) < 4.78 is 9.23. The lowest BCUT2D eigenvalue weighted by Gasteiger charge is -2.39. The van der Waals surface area contributed by atoms with E-state index in [2.05, 4.69) is 14.3 Å². The molecule has 0 spiro atoms. The number of aromatic nitrogens is 2. The lowest BCUT2D eigenvalue weighted by molar-refractivity contribution is -0.135. The molecule has 1 aromatic rings. The van der Waals surface area contributed by atoms with Crippen LogP contribution in [0.5, 0.6) is 0 Å². The molecule has 104 valence electrons. The SMILES string of the molecule is COCc1nsc(N2CC(C(=O)N3CCCC3)C2)n1. The van der Waals surface area contributed by atoms with Gasteiger partial charge in [-0.3, -0.25) is 4.79 Å². The molecule has 2 fully saturated rings. The molecule has 19 heavy (non-hydrogen) atoms. The lowest BCUT2D eigenvalue weighted by atomic mass is 9.99. The Morgan fingerprint density at radius 1 is 1.42 bits per heavy atom. The highest BCUT2D eigenvalue weighted by Crippen LogP contribution is 2.28. The van der Waals surface area contributed by atoms with Gasteiger partial charge in [-0.1, -0.05) is 0 Å². The molecule has 2 aliphatic heterocycles. The van der Waals surface area contributed by atoms with E-state index in [0.29, 0.717) is 12.5 Å². The Balaban J connectivity index is 1.52. The molecule has 3 rings (SSSR count). The highest BCUT2D eigenvalue weighted by atomic mass is 32.1. The fraction of sp³-hybridized carbons (Fsp3) is 0.750. The minimum atomic E-state index is 0.146. The van der Waals surface area contributed by atoms with Crippen molar-refractivity contribution in [1.82, 2.24) is 14.3 Å². The molecule has 0 N–H and O–H groups in total. The van der Waals surface area contributed by atoms with Crippen molar-refractivity contribution in [3.63, 3.8) is 0 Å². The first kappa shape index (κ1) is 12.8. The van der Waals surface area contributed by atoms with E-state index in [0.717, 1.165) is 50.0 Å². The first-order chi connectivity index (χ1) is 9.28. The maximum absolute atomic E-state index is 12.2. The normalized spacial score (nSPS) is 19.8. The summed E-state index contributed by atoms with van der Waals surface area (Å²) in [5.41, 5.74) is 0. The van der Waals surface area contributed by atoms with E-state index in [9.17, 15) is 4.79 Å². The molecule has 2 saturated heterocycles. The van der Waals surface area contributed by atoms with Crippen molar-refractivity contribution in [3.05, 3.63) is 5.82 Å². The largest absolute Gasteiger partial charge is 0.377 e. The zero-order valence-electron chi connectivity index (χ0n) is 11.0. The molecule has 0 aliphatic carbocycles. The van der Waals surface area contributed by atoms with Crippen LogP contribution in [0.15, 0.2) is 0 Å².